The zero-order valence-corrected chi connectivity index (χ0v) is 26.2. The number of ether oxygens (including phenoxy) is 2. The highest BCUT2D eigenvalue weighted by Crippen LogP contribution is 2.24. The van der Waals surface area contributed by atoms with Crippen LogP contribution in [0.2, 0.25) is 10.0 Å². The maximum absolute atomic E-state index is 13.6. The lowest BCUT2D eigenvalue weighted by molar-refractivity contribution is -0.142. The van der Waals surface area contributed by atoms with E-state index in [0.29, 0.717) is 11.1 Å². The standard InChI is InChI=1S/C34H27Cl2N3O7/c1-38-28-16-13-22(32(42)46-19-21-7-4-3-5-8-21)18-24(28)31(41)39(34(38)44)23-14-11-20(12-15-23)17-27(33(43)45-2)37-30(40)29-25(35)9-6-10-26(29)36/h3-16,18,27H,17,19H2,1-2H3,(H,37,40)/t27-/m0/s1. The fraction of sp³-hybridized carbons (Fsp3) is 0.147. The van der Waals surface area contributed by atoms with Crippen molar-refractivity contribution in [2.24, 2.45) is 7.05 Å². The summed E-state index contributed by atoms with van der Waals surface area (Å²) in [5.41, 5.74) is 0.978. The van der Waals surface area contributed by atoms with Gasteiger partial charge in [-0.2, -0.15) is 0 Å². The first-order chi connectivity index (χ1) is 22.1. The number of benzene rings is 4. The molecule has 4 aromatic carbocycles. The number of esters is 2. The van der Waals surface area contributed by atoms with Gasteiger partial charge >= 0.3 is 17.6 Å². The third-order valence-corrected chi connectivity index (χ3v) is 7.96. The topological polar surface area (TPSA) is 126 Å². The molecule has 0 saturated heterocycles. The highest BCUT2D eigenvalue weighted by Gasteiger charge is 2.25. The number of halogens is 2. The Hall–Kier alpha value is -5.19. The number of methoxy groups -OCH3 is 1. The normalized spacial score (nSPS) is 11.6. The molecule has 0 saturated carbocycles. The molecule has 0 fully saturated rings. The molecule has 0 aliphatic carbocycles. The van der Waals surface area contributed by atoms with Crippen molar-refractivity contribution in [3.63, 3.8) is 0 Å². The first-order valence-corrected chi connectivity index (χ1v) is 14.7. The molecule has 46 heavy (non-hydrogen) atoms. The van der Waals surface area contributed by atoms with Crippen LogP contribution in [0, 0.1) is 0 Å². The van der Waals surface area contributed by atoms with Crippen molar-refractivity contribution in [2.75, 3.05) is 7.11 Å². The summed E-state index contributed by atoms with van der Waals surface area (Å²) in [6.07, 6.45) is 0.0276. The van der Waals surface area contributed by atoms with Crippen molar-refractivity contribution < 1.29 is 23.9 Å². The van der Waals surface area contributed by atoms with E-state index in [1.165, 1.54) is 49.1 Å². The molecule has 1 amide bonds. The molecular weight excluding hydrogens is 633 g/mol. The van der Waals surface area contributed by atoms with Crippen LogP contribution in [0.1, 0.15) is 31.8 Å². The maximum atomic E-state index is 13.6. The lowest BCUT2D eigenvalue weighted by Crippen LogP contribution is -2.43. The number of hydrogen-bond donors (Lipinski definition) is 1. The van der Waals surface area contributed by atoms with E-state index in [2.05, 4.69) is 5.32 Å². The Balaban J connectivity index is 1.41. The molecule has 10 nitrogen and oxygen atoms in total. The summed E-state index contributed by atoms with van der Waals surface area (Å²) in [6.45, 7) is 0.0653. The van der Waals surface area contributed by atoms with Crippen LogP contribution in [0.15, 0.2) is 101 Å². The van der Waals surface area contributed by atoms with Gasteiger partial charge in [-0.15, -0.1) is 0 Å². The van der Waals surface area contributed by atoms with Crippen LogP contribution < -0.4 is 16.6 Å². The second kappa shape index (κ2) is 13.8. The lowest BCUT2D eigenvalue weighted by atomic mass is 10.0. The number of amides is 1. The highest BCUT2D eigenvalue weighted by atomic mass is 35.5. The molecule has 1 aromatic heterocycles. The van der Waals surface area contributed by atoms with Crippen molar-refractivity contribution in [2.45, 2.75) is 19.1 Å². The van der Waals surface area contributed by atoms with E-state index < -0.39 is 35.1 Å². The number of aryl methyl sites for hydroxylation is 1. The fourth-order valence-corrected chi connectivity index (χ4v) is 5.49. The molecule has 1 N–H and O–H groups in total. The van der Waals surface area contributed by atoms with Gasteiger partial charge in [-0.3, -0.25) is 14.2 Å². The minimum atomic E-state index is -1.09. The molecular formula is C34H27Cl2N3O7. The largest absolute Gasteiger partial charge is 0.467 e. The fourth-order valence-electron chi connectivity index (χ4n) is 4.92. The molecule has 0 radical (unpaired) electrons. The summed E-state index contributed by atoms with van der Waals surface area (Å²) in [6, 6.07) is 23.5. The molecule has 5 aromatic rings. The monoisotopic (exact) mass is 659 g/mol. The Labute approximate surface area is 272 Å². The Morgan fingerprint density at radius 1 is 0.848 bits per heavy atom. The zero-order valence-electron chi connectivity index (χ0n) is 24.7. The van der Waals surface area contributed by atoms with Crippen LogP contribution in [0.5, 0.6) is 0 Å². The lowest BCUT2D eigenvalue weighted by Gasteiger charge is -2.18. The van der Waals surface area contributed by atoms with E-state index in [-0.39, 0.29) is 45.3 Å². The molecule has 1 atom stereocenters. The van der Waals surface area contributed by atoms with Crippen molar-refractivity contribution in [3.05, 3.63) is 144 Å². The number of carbonyl (C=O) groups excluding carboxylic acids is 3. The third-order valence-electron chi connectivity index (χ3n) is 7.33. The summed E-state index contributed by atoms with van der Waals surface area (Å²) in [5, 5.41) is 3.00. The first kappa shape index (κ1) is 32.2. The summed E-state index contributed by atoms with van der Waals surface area (Å²) < 4.78 is 12.6. The van der Waals surface area contributed by atoms with Crippen LogP contribution in [-0.2, 0) is 34.3 Å². The van der Waals surface area contributed by atoms with Crippen LogP contribution in [0.3, 0.4) is 0 Å². The van der Waals surface area contributed by atoms with Gasteiger partial charge in [0.2, 0.25) is 0 Å². The van der Waals surface area contributed by atoms with Gasteiger partial charge in [0.15, 0.2) is 0 Å². The van der Waals surface area contributed by atoms with Crippen LogP contribution in [-0.4, -0.2) is 40.1 Å². The van der Waals surface area contributed by atoms with Crippen molar-refractivity contribution in [1.82, 2.24) is 14.5 Å². The van der Waals surface area contributed by atoms with E-state index in [4.69, 9.17) is 32.7 Å². The van der Waals surface area contributed by atoms with Gasteiger partial charge < -0.3 is 14.8 Å². The van der Waals surface area contributed by atoms with Gasteiger partial charge in [0.05, 0.1) is 44.9 Å². The Morgan fingerprint density at radius 3 is 2.17 bits per heavy atom. The number of aromatic nitrogens is 2. The van der Waals surface area contributed by atoms with Gasteiger partial charge in [-0.1, -0.05) is 71.7 Å². The van der Waals surface area contributed by atoms with E-state index in [9.17, 15) is 24.0 Å². The van der Waals surface area contributed by atoms with E-state index in [1.807, 2.05) is 30.3 Å². The number of rotatable bonds is 9. The highest BCUT2D eigenvalue weighted by molar-refractivity contribution is 6.39. The summed E-state index contributed by atoms with van der Waals surface area (Å²) in [4.78, 5) is 65.2. The first-order valence-electron chi connectivity index (χ1n) is 14.0. The predicted molar refractivity (Wildman–Crippen MR) is 174 cm³/mol. The molecule has 1 heterocycles. The Kier molecular flexibility index (Phi) is 9.69. The van der Waals surface area contributed by atoms with Gasteiger partial charge in [0, 0.05) is 13.5 Å². The number of nitrogens with zero attached hydrogens (tertiary/aromatic N) is 2. The molecule has 0 bridgehead atoms. The van der Waals surface area contributed by atoms with Gasteiger partial charge in [0.1, 0.15) is 12.6 Å². The van der Waals surface area contributed by atoms with Crippen molar-refractivity contribution in [1.29, 1.82) is 0 Å². The van der Waals surface area contributed by atoms with Crippen molar-refractivity contribution >= 4 is 52.0 Å². The van der Waals surface area contributed by atoms with Crippen molar-refractivity contribution in [3.8, 4) is 5.69 Å². The number of hydrogen-bond acceptors (Lipinski definition) is 7. The van der Waals surface area contributed by atoms with Crippen LogP contribution >= 0.6 is 23.2 Å². The van der Waals surface area contributed by atoms with E-state index in [0.717, 1.165) is 10.1 Å². The second-order valence-corrected chi connectivity index (χ2v) is 11.1. The maximum Gasteiger partial charge on any atom is 0.338 e. The quantitative estimate of drug-likeness (QED) is 0.224. The summed E-state index contributed by atoms with van der Waals surface area (Å²) in [7, 11) is 2.72. The van der Waals surface area contributed by atoms with Gasteiger partial charge in [0.25, 0.3) is 11.5 Å². The number of fused-ring (bicyclic) bond motifs is 1. The number of nitrogens with one attached hydrogen (secondary N) is 1. The Bertz CT molecular complexity index is 2050. The minimum absolute atomic E-state index is 0.0224. The average molecular weight is 661 g/mol. The minimum Gasteiger partial charge on any atom is -0.467 e. The molecule has 5 rings (SSSR count). The molecule has 0 aliphatic rings. The third kappa shape index (κ3) is 6.73. The molecule has 12 heteroatoms. The molecule has 0 unspecified atom stereocenters. The molecule has 0 aliphatic heterocycles. The predicted octanol–water partition coefficient (Wildman–Crippen LogP) is 4.87. The zero-order chi connectivity index (χ0) is 33.0. The van der Waals surface area contributed by atoms with Gasteiger partial charge in [-0.05, 0) is 53.6 Å². The SMILES string of the molecule is COC(=O)[C@H](Cc1ccc(-n2c(=O)c3cc(C(=O)OCc4ccccc4)ccc3n(C)c2=O)cc1)NC(=O)c1c(Cl)cccc1Cl. The van der Waals surface area contributed by atoms with Crippen LogP contribution in [0.4, 0.5) is 0 Å². The van der Waals surface area contributed by atoms with E-state index >= 15 is 0 Å². The average Bonchev–Trinajstić information content (AvgIpc) is 3.06. The number of carbonyl (C=O) groups is 3. The van der Waals surface area contributed by atoms with Crippen LogP contribution in [0.25, 0.3) is 16.6 Å². The molecule has 234 valence electrons. The second-order valence-electron chi connectivity index (χ2n) is 10.3. The molecule has 0 spiro atoms. The summed E-state index contributed by atoms with van der Waals surface area (Å²) >= 11 is 12.3. The van der Waals surface area contributed by atoms with E-state index in [1.54, 1.807) is 30.3 Å². The summed E-state index contributed by atoms with van der Waals surface area (Å²) in [5.74, 6) is -1.96. The Morgan fingerprint density at radius 2 is 1.52 bits per heavy atom. The van der Waals surface area contributed by atoms with Gasteiger partial charge in [-0.25, -0.2) is 19.0 Å². The smallest absolute Gasteiger partial charge is 0.338 e.